The summed E-state index contributed by atoms with van der Waals surface area (Å²) < 4.78 is 29.3. The number of ether oxygens (including phenoxy) is 1. The first-order valence-electron chi connectivity index (χ1n) is 6.68. The van der Waals surface area contributed by atoms with Gasteiger partial charge in [-0.15, -0.1) is 0 Å². The lowest BCUT2D eigenvalue weighted by atomic mass is 10.1. The molecule has 0 unspecified atom stereocenters. The van der Waals surface area contributed by atoms with Crippen molar-refractivity contribution in [3.8, 4) is 5.75 Å². The highest BCUT2D eigenvalue weighted by Gasteiger charge is 2.24. The highest BCUT2D eigenvalue weighted by Crippen LogP contribution is 2.23. The minimum atomic E-state index is -2.77. The van der Waals surface area contributed by atoms with Crippen LogP contribution in [-0.4, -0.2) is 37.2 Å². The second-order valence-electron chi connectivity index (χ2n) is 4.77. The summed E-state index contributed by atoms with van der Waals surface area (Å²) in [5.74, 6) is 0.283. The average molecular weight is 270 g/mol. The van der Waals surface area contributed by atoms with Crippen LogP contribution in [0.2, 0.25) is 0 Å². The molecule has 1 aliphatic heterocycles. The molecular formula is C14H20F2N2O. The maximum absolute atomic E-state index is 12.4. The van der Waals surface area contributed by atoms with Crippen molar-refractivity contribution in [2.24, 2.45) is 0 Å². The number of nitrogens with one attached hydrogen (secondary N) is 1. The normalized spacial score (nSPS) is 15.8. The summed E-state index contributed by atoms with van der Waals surface area (Å²) in [5, 5.41) is 3.24. The molecule has 1 heterocycles. The van der Waals surface area contributed by atoms with Gasteiger partial charge in [0.1, 0.15) is 5.75 Å². The number of nitrogens with zero attached hydrogens (tertiary/aromatic N) is 1. The minimum absolute atomic E-state index is 0.283. The van der Waals surface area contributed by atoms with Crippen molar-refractivity contribution in [3.05, 3.63) is 29.8 Å². The number of hydrogen-bond donors (Lipinski definition) is 1. The smallest absolute Gasteiger partial charge is 0.387 e. The van der Waals surface area contributed by atoms with Crippen molar-refractivity contribution in [1.82, 2.24) is 10.2 Å². The van der Waals surface area contributed by atoms with Gasteiger partial charge in [0.05, 0.1) is 0 Å². The van der Waals surface area contributed by atoms with Gasteiger partial charge in [-0.1, -0.05) is 25.1 Å². The molecule has 19 heavy (non-hydrogen) atoms. The molecule has 0 aromatic heterocycles. The number of halogens is 2. The number of para-hydroxylation sites is 1. The van der Waals surface area contributed by atoms with E-state index in [1.807, 2.05) is 12.1 Å². The van der Waals surface area contributed by atoms with E-state index in [0.717, 1.165) is 31.6 Å². The third-order valence-corrected chi connectivity index (χ3v) is 3.35. The lowest BCUT2D eigenvalue weighted by Gasteiger charge is -2.38. The number of benzene rings is 1. The van der Waals surface area contributed by atoms with Gasteiger partial charge in [-0.05, 0) is 19.0 Å². The molecule has 1 aromatic carbocycles. The molecule has 1 aliphatic rings. The van der Waals surface area contributed by atoms with Crippen LogP contribution in [0.5, 0.6) is 5.75 Å². The van der Waals surface area contributed by atoms with Crippen LogP contribution >= 0.6 is 0 Å². The van der Waals surface area contributed by atoms with Crippen LogP contribution in [0.15, 0.2) is 24.3 Å². The Bertz CT molecular complexity index is 397. The quantitative estimate of drug-likeness (QED) is 0.823. The Labute approximate surface area is 112 Å². The zero-order chi connectivity index (χ0) is 13.7. The third-order valence-electron chi connectivity index (χ3n) is 3.35. The molecule has 0 spiro atoms. The molecule has 1 saturated heterocycles. The highest BCUT2D eigenvalue weighted by atomic mass is 19.3. The molecule has 0 amide bonds. The Morgan fingerprint density at radius 2 is 2.11 bits per heavy atom. The molecule has 1 fully saturated rings. The van der Waals surface area contributed by atoms with Gasteiger partial charge in [-0.25, -0.2) is 0 Å². The van der Waals surface area contributed by atoms with Crippen molar-refractivity contribution < 1.29 is 13.5 Å². The van der Waals surface area contributed by atoms with Crippen molar-refractivity contribution in [3.63, 3.8) is 0 Å². The van der Waals surface area contributed by atoms with Crippen molar-refractivity contribution in [2.45, 2.75) is 32.5 Å². The molecule has 0 bridgehead atoms. The van der Waals surface area contributed by atoms with Crippen molar-refractivity contribution in [2.75, 3.05) is 19.6 Å². The van der Waals surface area contributed by atoms with Crippen LogP contribution in [-0.2, 0) is 6.54 Å². The Balaban J connectivity index is 2.06. The number of hydrogen-bond acceptors (Lipinski definition) is 3. The summed E-state index contributed by atoms with van der Waals surface area (Å²) in [6, 6.07) is 7.53. The Kier molecular flexibility index (Phi) is 5.10. The predicted molar refractivity (Wildman–Crippen MR) is 70.4 cm³/mol. The molecule has 1 aromatic rings. The molecule has 0 radical (unpaired) electrons. The summed E-state index contributed by atoms with van der Waals surface area (Å²) in [4.78, 5) is 2.32. The van der Waals surface area contributed by atoms with E-state index in [9.17, 15) is 8.78 Å². The first-order chi connectivity index (χ1) is 9.20. The van der Waals surface area contributed by atoms with Crippen LogP contribution in [0.1, 0.15) is 18.9 Å². The Hall–Kier alpha value is -1.20. The van der Waals surface area contributed by atoms with Gasteiger partial charge in [0.2, 0.25) is 0 Å². The molecule has 2 rings (SSSR count). The molecule has 0 aliphatic carbocycles. The van der Waals surface area contributed by atoms with Crippen molar-refractivity contribution in [1.29, 1.82) is 0 Å². The van der Waals surface area contributed by atoms with E-state index in [1.165, 1.54) is 0 Å². The fraction of sp³-hybridized carbons (Fsp3) is 0.571. The summed E-state index contributed by atoms with van der Waals surface area (Å²) >= 11 is 0. The van der Waals surface area contributed by atoms with Gasteiger partial charge >= 0.3 is 6.61 Å². The molecule has 3 nitrogen and oxygen atoms in total. The van der Waals surface area contributed by atoms with Crippen LogP contribution < -0.4 is 10.1 Å². The maximum atomic E-state index is 12.4. The van der Waals surface area contributed by atoms with E-state index in [2.05, 4.69) is 21.9 Å². The molecule has 5 heteroatoms. The van der Waals surface area contributed by atoms with E-state index in [4.69, 9.17) is 0 Å². The molecule has 0 atom stereocenters. The van der Waals surface area contributed by atoms with Crippen LogP contribution in [0.4, 0.5) is 8.78 Å². The highest BCUT2D eigenvalue weighted by molar-refractivity contribution is 5.33. The van der Waals surface area contributed by atoms with E-state index in [1.54, 1.807) is 12.1 Å². The van der Waals surface area contributed by atoms with Crippen LogP contribution in [0, 0.1) is 0 Å². The van der Waals surface area contributed by atoms with Crippen molar-refractivity contribution >= 4 is 0 Å². The molecule has 1 N–H and O–H groups in total. The first-order valence-corrected chi connectivity index (χ1v) is 6.68. The SMILES string of the molecule is CCCN(Cc1ccccc1OC(F)F)C1CNC1. The maximum Gasteiger partial charge on any atom is 0.387 e. The lowest BCUT2D eigenvalue weighted by Crippen LogP contribution is -2.57. The minimum Gasteiger partial charge on any atom is -0.434 e. The number of rotatable bonds is 7. The summed E-state index contributed by atoms with van der Waals surface area (Å²) in [6.07, 6.45) is 1.05. The fourth-order valence-corrected chi connectivity index (χ4v) is 2.27. The lowest BCUT2D eigenvalue weighted by molar-refractivity contribution is -0.0509. The first kappa shape index (κ1) is 14.2. The zero-order valence-corrected chi connectivity index (χ0v) is 11.1. The van der Waals surface area contributed by atoms with Crippen LogP contribution in [0.3, 0.4) is 0 Å². The van der Waals surface area contributed by atoms with E-state index in [-0.39, 0.29) is 5.75 Å². The Morgan fingerprint density at radius 1 is 1.37 bits per heavy atom. The summed E-state index contributed by atoms with van der Waals surface area (Å²) in [5.41, 5.74) is 0.822. The van der Waals surface area contributed by atoms with Gasteiger partial charge < -0.3 is 10.1 Å². The summed E-state index contributed by atoms with van der Waals surface area (Å²) in [7, 11) is 0. The topological polar surface area (TPSA) is 24.5 Å². The number of alkyl halides is 2. The fourth-order valence-electron chi connectivity index (χ4n) is 2.27. The largest absolute Gasteiger partial charge is 0.434 e. The van der Waals surface area contributed by atoms with E-state index in [0.29, 0.717) is 12.6 Å². The molecule has 106 valence electrons. The van der Waals surface area contributed by atoms with Gasteiger partial charge in [0, 0.05) is 31.2 Å². The third kappa shape index (κ3) is 3.88. The second kappa shape index (κ2) is 6.82. The van der Waals surface area contributed by atoms with Gasteiger partial charge in [0.25, 0.3) is 0 Å². The van der Waals surface area contributed by atoms with Gasteiger partial charge in [-0.3, -0.25) is 4.90 Å². The van der Waals surface area contributed by atoms with Gasteiger partial charge in [-0.2, -0.15) is 8.78 Å². The van der Waals surface area contributed by atoms with Crippen LogP contribution in [0.25, 0.3) is 0 Å². The average Bonchev–Trinajstić information content (AvgIpc) is 2.29. The van der Waals surface area contributed by atoms with Gasteiger partial charge in [0.15, 0.2) is 0 Å². The monoisotopic (exact) mass is 270 g/mol. The summed E-state index contributed by atoms with van der Waals surface area (Å²) in [6.45, 7) is 2.92. The van der Waals surface area contributed by atoms with E-state index < -0.39 is 6.61 Å². The second-order valence-corrected chi connectivity index (χ2v) is 4.77. The molecular weight excluding hydrogens is 250 g/mol. The predicted octanol–water partition coefficient (Wildman–Crippen LogP) is 2.47. The zero-order valence-electron chi connectivity index (χ0n) is 11.1. The standard InChI is InChI=1S/C14H20F2N2O/c1-2-7-18(12-8-17-9-12)10-11-5-3-4-6-13(11)19-14(15)16/h3-6,12,14,17H,2,7-10H2,1H3. The Morgan fingerprint density at radius 3 is 2.68 bits per heavy atom. The molecule has 0 saturated carbocycles. The van der Waals surface area contributed by atoms with E-state index >= 15 is 0 Å².